The molecule has 0 unspecified atom stereocenters. The molecule has 0 aromatic carbocycles. The SMILES string of the molecule is COC1CCN(c2ccnc(N)n2)CC1. The minimum absolute atomic E-state index is 0.335. The number of aromatic nitrogens is 2. The van der Waals surface area contributed by atoms with Gasteiger partial charge in [-0.15, -0.1) is 0 Å². The number of rotatable bonds is 2. The van der Waals surface area contributed by atoms with Crippen LogP contribution in [0.1, 0.15) is 12.8 Å². The number of ether oxygens (including phenoxy) is 1. The Hall–Kier alpha value is -1.36. The Balaban J connectivity index is 2.01. The van der Waals surface area contributed by atoms with Crippen LogP contribution in [0.15, 0.2) is 12.3 Å². The van der Waals surface area contributed by atoms with Gasteiger partial charge in [0.15, 0.2) is 0 Å². The molecule has 1 aliphatic heterocycles. The first kappa shape index (κ1) is 10.2. The zero-order chi connectivity index (χ0) is 10.7. The normalized spacial score (nSPS) is 18.1. The summed E-state index contributed by atoms with van der Waals surface area (Å²) in [7, 11) is 1.77. The molecule has 1 saturated heterocycles. The molecule has 0 amide bonds. The van der Waals surface area contributed by atoms with E-state index in [1.807, 2.05) is 6.07 Å². The van der Waals surface area contributed by atoms with E-state index in [0.717, 1.165) is 31.7 Å². The lowest BCUT2D eigenvalue weighted by atomic mass is 10.1. The van der Waals surface area contributed by atoms with Crippen LogP contribution in [-0.4, -0.2) is 36.3 Å². The Kier molecular flexibility index (Phi) is 3.01. The van der Waals surface area contributed by atoms with Crippen LogP contribution in [-0.2, 0) is 4.74 Å². The van der Waals surface area contributed by atoms with Crippen molar-refractivity contribution < 1.29 is 4.74 Å². The molecule has 0 atom stereocenters. The molecule has 0 saturated carbocycles. The molecule has 0 aliphatic carbocycles. The Morgan fingerprint density at radius 2 is 2.20 bits per heavy atom. The summed E-state index contributed by atoms with van der Waals surface area (Å²) in [5.41, 5.74) is 5.55. The van der Waals surface area contributed by atoms with Gasteiger partial charge >= 0.3 is 0 Å². The number of methoxy groups -OCH3 is 1. The lowest BCUT2D eigenvalue weighted by Gasteiger charge is -2.31. The van der Waals surface area contributed by atoms with Crippen LogP contribution in [0.2, 0.25) is 0 Å². The molecule has 2 rings (SSSR count). The number of anilines is 2. The van der Waals surface area contributed by atoms with Gasteiger partial charge in [-0.1, -0.05) is 0 Å². The quantitative estimate of drug-likeness (QED) is 0.774. The van der Waals surface area contributed by atoms with E-state index in [1.54, 1.807) is 13.3 Å². The van der Waals surface area contributed by atoms with Crippen molar-refractivity contribution >= 4 is 11.8 Å². The maximum Gasteiger partial charge on any atom is 0.221 e. The summed E-state index contributed by atoms with van der Waals surface area (Å²) in [4.78, 5) is 10.3. The predicted octanol–water partition coefficient (Wildman–Crippen LogP) is 0.674. The molecule has 1 aliphatic rings. The Labute approximate surface area is 89.3 Å². The highest BCUT2D eigenvalue weighted by Gasteiger charge is 2.19. The zero-order valence-corrected chi connectivity index (χ0v) is 8.89. The summed E-state index contributed by atoms with van der Waals surface area (Å²) >= 11 is 0. The lowest BCUT2D eigenvalue weighted by Crippen LogP contribution is -2.37. The fourth-order valence-corrected chi connectivity index (χ4v) is 1.86. The summed E-state index contributed by atoms with van der Waals surface area (Å²) in [5, 5.41) is 0. The maximum absolute atomic E-state index is 5.55. The van der Waals surface area contributed by atoms with Crippen molar-refractivity contribution in [3.8, 4) is 0 Å². The highest BCUT2D eigenvalue weighted by molar-refractivity contribution is 5.41. The molecule has 82 valence electrons. The molecule has 5 nitrogen and oxygen atoms in total. The van der Waals surface area contributed by atoms with E-state index >= 15 is 0 Å². The van der Waals surface area contributed by atoms with Gasteiger partial charge in [-0.2, -0.15) is 4.98 Å². The van der Waals surface area contributed by atoms with Crippen LogP contribution < -0.4 is 10.6 Å². The standard InChI is InChI=1S/C10H16N4O/c1-15-8-3-6-14(7-4-8)9-2-5-12-10(11)13-9/h2,5,8H,3-4,6-7H2,1H3,(H2,11,12,13). The average Bonchev–Trinajstić information content (AvgIpc) is 2.29. The molecular weight excluding hydrogens is 192 g/mol. The van der Waals surface area contributed by atoms with E-state index in [4.69, 9.17) is 10.5 Å². The smallest absolute Gasteiger partial charge is 0.221 e. The van der Waals surface area contributed by atoms with E-state index in [9.17, 15) is 0 Å². The summed E-state index contributed by atoms with van der Waals surface area (Å²) in [6.07, 6.45) is 4.17. The molecule has 1 aromatic heterocycles. The van der Waals surface area contributed by atoms with Crippen molar-refractivity contribution in [2.45, 2.75) is 18.9 Å². The van der Waals surface area contributed by atoms with Gasteiger partial charge in [-0.25, -0.2) is 4.98 Å². The summed E-state index contributed by atoms with van der Waals surface area (Å²) in [6, 6.07) is 1.89. The first-order valence-corrected chi connectivity index (χ1v) is 5.16. The minimum atomic E-state index is 0.335. The predicted molar refractivity (Wildman–Crippen MR) is 58.7 cm³/mol. The zero-order valence-electron chi connectivity index (χ0n) is 8.89. The second kappa shape index (κ2) is 4.44. The van der Waals surface area contributed by atoms with Gasteiger partial charge in [-0.3, -0.25) is 0 Å². The van der Waals surface area contributed by atoms with Crippen LogP contribution in [0.25, 0.3) is 0 Å². The van der Waals surface area contributed by atoms with Crippen molar-refractivity contribution in [1.82, 2.24) is 9.97 Å². The molecule has 0 bridgehead atoms. The molecule has 0 radical (unpaired) electrons. The van der Waals surface area contributed by atoms with Gasteiger partial charge in [0, 0.05) is 26.4 Å². The van der Waals surface area contributed by atoms with Crippen LogP contribution in [0.4, 0.5) is 11.8 Å². The van der Waals surface area contributed by atoms with E-state index in [-0.39, 0.29) is 0 Å². The number of hydrogen-bond donors (Lipinski definition) is 1. The Bertz CT molecular complexity index is 323. The molecule has 5 heteroatoms. The van der Waals surface area contributed by atoms with Gasteiger partial charge in [-0.05, 0) is 18.9 Å². The molecule has 2 heterocycles. The largest absolute Gasteiger partial charge is 0.381 e. The third-order valence-corrected chi connectivity index (χ3v) is 2.76. The van der Waals surface area contributed by atoms with Crippen molar-refractivity contribution in [2.24, 2.45) is 0 Å². The number of nitrogen functional groups attached to an aromatic ring is 1. The molecule has 15 heavy (non-hydrogen) atoms. The number of hydrogen-bond acceptors (Lipinski definition) is 5. The fourth-order valence-electron chi connectivity index (χ4n) is 1.86. The summed E-state index contributed by atoms with van der Waals surface area (Å²) in [5.74, 6) is 1.25. The molecular formula is C10H16N4O. The van der Waals surface area contributed by atoms with Crippen LogP contribution in [0.3, 0.4) is 0 Å². The van der Waals surface area contributed by atoms with Crippen LogP contribution in [0.5, 0.6) is 0 Å². The topological polar surface area (TPSA) is 64.3 Å². The van der Waals surface area contributed by atoms with Gasteiger partial charge in [0.25, 0.3) is 0 Å². The van der Waals surface area contributed by atoms with Crippen molar-refractivity contribution in [2.75, 3.05) is 30.8 Å². The van der Waals surface area contributed by atoms with Gasteiger partial charge in [0.05, 0.1) is 6.10 Å². The highest BCUT2D eigenvalue weighted by atomic mass is 16.5. The van der Waals surface area contributed by atoms with E-state index < -0.39 is 0 Å². The maximum atomic E-state index is 5.55. The lowest BCUT2D eigenvalue weighted by molar-refractivity contribution is 0.0818. The third-order valence-electron chi connectivity index (χ3n) is 2.76. The second-order valence-electron chi connectivity index (χ2n) is 3.70. The van der Waals surface area contributed by atoms with E-state index in [0.29, 0.717) is 12.1 Å². The van der Waals surface area contributed by atoms with Crippen molar-refractivity contribution in [3.05, 3.63) is 12.3 Å². The van der Waals surface area contributed by atoms with Gasteiger partial charge < -0.3 is 15.4 Å². The summed E-state index contributed by atoms with van der Waals surface area (Å²) < 4.78 is 5.31. The highest BCUT2D eigenvalue weighted by Crippen LogP contribution is 2.18. The van der Waals surface area contributed by atoms with E-state index in [1.165, 1.54) is 0 Å². The van der Waals surface area contributed by atoms with Gasteiger partial charge in [0.2, 0.25) is 5.95 Å². The van der Waals surface area contributed by atoms with Crippen LogP contribution in [0, 0.1) is 0 Å². The molecule has 1 aromatic rings. The molecule has 0 spiro atoms. The molecule has 2 N–H and O–H groups in total. The molecule has 1 fully saturated rings. The third kappa shape index (κ3) is 2.36. The second-order valence-corrected chi connectivity index (χ2v) is 3.70. The van der Waals surface area contributed by atoms with Crippen LogP contribution >= 0.6 is 0 Å². The monoisotopic (exact) mass is 208 g/mol. The number of piperidine rings is 1. The first-order chi connectivity index (χ1) is 7.29. The first-order valence-electron chi connectivity index (χ1n) is 5.16. The van der Waals surface area contributed by atoms with Crippen molar-refractivity contribution in [1.29, 1.82) is 0 Å². The number of nitrogens with zero attached hydrogens (tertiary/aromatic N) is 3. The van der Waals surface area contributed by atoms with Gasteiger partial charge in [0.1, 0.15) is 5.82 Å². The Morgan fingerprint density at radius 1 is 1.47 bits per heavy atom. The van der Waals surface area contributed by atoms with E-state index in [2.05, 4.69) is 14.9 Å². The number of nitrogens with two attached hydrogens (primary N) is 1. The fraction of sp³-hybridized carbons (Fsp3) is 0.600. The van der Waals surface area contributed by atoms with Crippen molar-refractivity contribution in [3.63, 3.8) is 0 Å². The Morgan fingerprint density at radius 3 is 2.80 bits per heavy atom. The minimum Gasteiger partial charge on any atom is -0.381 e. The average molecular weight is 208 g/mol. The summed E-state index contributed by atoms with van der Waals surface area (Å²) in [6.45, 7) is 1.93.